The normalized spacial score (nSPS) is 12.9. The Morgan fingerprint density at radius 3 is 1.97 bits per heavy atom. The van der Waals surface area contributed by atoms with Crippen molar-refractivity contribution in [3.8, 4) is 28.4 Å². The van der Waals surface area contributed by atoms with E-state index in [1.54, 1.807) is 0 Å². The Morgan fingerprint density at radius 1 is 0.650 bits per heavy atom. The first-order chi connectivity index (χ1) is 28.3. The molecule has 0 fully saturated rings. The Morgan fingerprint density at radius 2 is 1.28 bits per heavy atom. The van der Waals surface area contributed by atoms with Gasteiger partial charge in [-0.3, -0.25) is 0 Å². The van der Waals surface area contributed by atoms with Gasteiger partial charge in [-0.05, 0) is 87.2 Å². The fourth-order valence-corrected chi connectivity index (χ4v) is 8.18. The molecule has 0 radical (unpaired) electrons. The van der Waals surface area contributed by atoms with E-state index < -0.39 is 0 Å². The number of pyridine rings is 1. The van der Waals surface area contributed by atoms with E-state index in [-0.39, 0.29) is 31.9 Å². The number of fused-ring (bicyclic) bond motifs is 4. The third-order valence-electron chi connectivity index (χ3n) is 11.3. The molecule has 0 saturated carbocycles. The van der Waals surface area contributed by atoms with Crippen LogP contribution in [0.3, 0.4) is 0 Å². The van der Waals surface area contributed by atoms with E-state index in [0.717, 1.165) is 56.8 Å². The van der Waals surface area contributed by atoms with Crippen molar-refractivity contribution in [2.45, 2.75) is 72.6 Å². The molecule has 0 N–H and O–H groups in total. The third kappa shape index (κ3) is 7.88. The number of nitrogens with zero attached hydrogens (tertiary/aromatic N) is 4. The third-order valence-corrected chi connectivity index (χ3v) is 11.3. The Balaban J connectivity index is 0.00000499. The molecule has 0 amide bonds. The molecule has 0 unspecified atom stereocenters. The number of ether oxygens (including phenoxy) is 1. The summed E-state index contributed by atoms with van der Waals surface area (Å²) >= 11 is 0. The van der Waals surface area contributed by atoms with Crippen molar-refractivity contribution in [2.75, 3.05) is 9.80 Å². The second-order valence-electron chi connectivity index (χ2n) is 18.2. The predicted octanol–water partition coefficient (Wildman–Crippen LogP) is 14.4. The number of anilines is 4. The molecule has 5 nitrogen and oxygen atoms in total. The van der Waals surface area contributed by atoms with Crippen molar-refractivity contribution in [1.82, 2.24) is 9.55 Å². The van der Waals surface area contributed by atoms with E-state index in [4.69, 9.17) is 9.72 Å². The maximum absolute atomic E-state index is 6.61. The Kier molecular flexibility index (Phi) is 11.0. The summed E-state index contributed by atoms with van der Waals surface area (Å²) in [5, 5.41) is 2.24. The predicted molar refractivity (Wildman–Crippen MR) is 246 cm³/mol. The molecule has 6 aromatic carbocycles. The molecule has 60 heavy (non-hydrogen) atoms. The number of hydrogen-bond donors (Lipinski definition) is 0. The Bertz CT molecular complexity index is 2810. The van der Waals surface area contributed by atoms with Crippen LogP contribution >= 0.6 is 0 Å². The first-order valence-corrected chi connectivity index (χ1v) is 20.7. The van der Waals surface area contributed by atoms with Gasteiger partial charge in [-0.1, -0.05) is 128 Å². The molecule has 0 aliphatic carbocycles. The first-order valence-electron chi connectivity index (χ1n) is 20.7. The van der Waals surface area contributed by atoms with Gasteiger partial charge < -0.3 is 19.1 Å². The summed E-state index contributed by atoms with van der Waals surface area (Å²) in [4.78, 5) is 9.56. The van der Waals surface area contributed by atoms with E-state index in [2.05, 4.69) is 210 Å². The summed E-state index contributed by atoms with van der Waals surface area (Å²) in [6, 6.07) is 54.5. The Labute approximate surface area is 369 Å². The molecule has 6 heteroatoms. The number of rotatable bonds is 8. The first kappa shape index (κ1) is 41.1. The molecular weight excluding hydrogens is 916 g/mol. The van der Waals surface area contributed by atoms with Crippen LogP contribution in [0, 0.1) is 24.7 Å². The second kappa shape index (κ2) is 16.1. The van der Waals surface area contributed by atoms with Crippen LogP contribution in [0.4, 0.5) is 22.7 Å². The average Bonchev–Trinajstić information content (AvgIpc) is 3.76. The van der Waals surface area contributed by atoms with Gasteiger partial charge in [-0.25, -0.2) is 4.98 Å². The van der Waals surface area contributed by atoms with Gasteiger partial charge in [0.25, 0.3) is 0 Å². The van der Waals surface area contributed by atoms with E-state index >= 15 is 0 Å². The molecule has 3 heterocycles. The van der Waals surface area contributed by atoms with Crippen molar-refractivity contribution < 1.29 is 25.8 Å². The molecule has 306 valence electrons. The maximum Gasteiger partial charge on any atom is 0.135 e. The summed E-state index contributed by atoms with van der Waals surface area (Å²) in [6.45, 7) is 20.2. The van der Waals surface area contributed by atoms with Crippen LogP contribution in [-0.4, -0.2) is 9.55 Å². The van der Waals surface area contributed by atoms with Crippen LogP contribution in [0.2, 0.25) is 0 Å². The average molecular weight is 967 g/mol. The molecular formula is C54H51N4OPt-3. The largest absolute Gasteiger partial charge is 0.509 e. The maximum atomic E-state index is 6.61. The summed E-state index contributed by atoms with van der Waals surface area (Å²) < 4.78 is 8.83. The quantitative estimate of drug-likeness (QED) is 0.142. The molecule has 1 aliphatic heterocycles. The summed E-state index contributed by atoms with van der Waals surface area (Å²) in [7, 11) is 0. The number of para-hydroxylation sites is 3. The van der Waals surface area contributed by atoms with Crippen LogP contribution in [0.25, 0.3) is 38.8 Å². The molecule has 9 rings (SSSR count). The van der Waals surface area contributed by atoms with Gasteiger partial charge in [-0.2, -0.15) is 12.1 Å². The zero-order valence-electron chi connectivity index (χ0n) is 35.7. The molecule has 0 spiro atoms. The zero-order valence-corrected chi connectivity index (χ0v) is 37.9. The van der Waals surface area contributed by atoms with Gasteiger partial charge in [0.05, 0.1) is 0 Å². The van der Waals surface area contributed by atoms with Crippen LogP contribution in [0.15, 0.2) is 140 Å². The van der Waals surface area contributed by atoms with Crippen LogP contribution < -0.4 is 14.5 Å². The fourth-order valence-electron chi connectivity index (χ4n) is 8.18. The van der Waals surface area contributed by atoms with E-state index in [0.29, 0.717) is 17.4 Å². The van der Waals surface area contributed by atoms with E-state index in [1.807, 2.05) is 18.2 Å². The minimum Gasteiger partial charge on any atom is -0.509 e. The smallest absolute Gasteiger partial charge is 0.135 e. The van der Waals surface area contributed by atoms with Gasteiger partial charge >= 0.3 is 0 Å². The standard InChI is InChI=1S/C54H51N4O.Pt/c1-36(2)30-38-31-52(55-34-47(38)37-20-22-39(23-21-37)53(3,4)5)58-48-17-10-9-16-45(48)46-29-28-44(33-51(46)58)59-43-15-13-14-42(32-43)57-35-56(49-18-11-12-19-50(49)57)41-26-24-40(25-27-41)54(6,7)8;/h9-29,31,34-36H,30H2,1-8H3;/q-3;. The van der Waals surface area contributed by atoms with Gasteiger partial charge in [0, 0.05) is 66.9 Å². The molecule has 1 aliphatic rings. The van der Waals surface area contributed by atoms with Crippen molar-refractivity contribution in [2.24, 2.45) is 5.92 Å². The zero-order chi connectivity index (χ0) is 41.1. The van der Waals surface area contributed by atoms with Crippen LogP contribution in [0.1, 0.15) is 72.1 Å². The summed E-state index contributed by atoms with van der Waals surface area (Å²) in [5.41, 5.74) is 12.6. The van der Waals surface area contributed by atoms with Crippen molar-refractivity contribution in [3.05, 3.63) is 175 Å². The van der Waals surface area contributed by atoms with E-state index in [9.17, 15) is 0 Å². The molecule has 0 bridgehead atoms. The Hall–Kier alpha value is -5.64. The summed E-state index contributed by atoms with van der Waals surface area (Å²) in [6.07, 6.45) is 2.99. The number of aromatic nitrogens is 2. The number of benzene rings is 6. The monoisotopic (exact) mass is 966 g/mol. The van der Waals surface area contributed by atoms with Crippen molar-refractivity contribution in [1.29, 1.82) is 0 Å². The second-order valence-corrected chi connectivity index (χ2v) is 18.2. The van der Waals surface area contributed by atoms with Crippen molar-refractivity contribution >= 4 is 44.6 Å². The molecule has 0 atom stereocenters. The van der Waals surface area contributed by atoms with Crippen LogP contribution in [-0.2, 0) is 38.3 Å². The minimum atomic E-state index is 0. The van der Waals surface area contributed by atoms with E-state index in [1.165, 1.54) is 27.8 Å². The van der Waals surface area contributed by atoms with Crippen molar-refractivity contribution in [3.63, 3.8) is 0 Å². The molecule has 2 aromatic heterocycles. The number of hydrogen-bond acceptors (Lipinski definition) is 4. The van der Waals surface area contributed by atoms with Gasteiger partial charge in [0.2, 0.25) is 0 Å². The van der Waals surface area contributed by atoms with Gasteiger partial charge in [0.1, 0.15) is 5.82 Å². The van der Waals surface area contributed by atoms with Gasteiger partial charge in [0.15, 0.2) is 0 Å². The topological polar surface area (TPSA) is 33.5 Å². The molecule has 0 saturated heterocycles. The minimum absolute atomic E-state index is 0. The van der Waals surface area contributed by atoms with Crippen LogP contribution in [0.5, 0.6) is 11.5 Å². The summed E-state index contributed by atoms with van der Waals surface area (Å²) in [5.74, 6) is 2.56. The molecule has 8 aromatic rings. The SMILES string of the molecule is CC(C)Cc1cc(-n2c3[c-]c(Oc4[c-]c(N5[CH-]N(c6ccc(C(C)(C)C)cc6)c6ccccc65)ccc4)ccc3c3ccccc32)ncc1-c1ccc(C(C)(C)C)cc1.[Pt]. The van der Waals surface area contributed by atoms with Gasteiger partial charge in [-0.15, -0.1) is 48.1 Å². The fraction of sp³-hybridized carbons (Fsp3) is 0.222.